The lowest BCUT2D eigenvalue weighted by Gasteiger charge is -2.35. The molecule has 1 aliphatic heterocycles. The molecule has 0 bridgehead atoms. The van der Waals surface area contributed by atoms with Crippen molar-refractivity contribution < 1.29 is 9.53 Å². The molecule has 124 valence electrons. The van der Waals surface area contributed by atoms with E-state index in [0.717, 1.165) is 26.1 Å². The number of nitrogens with zero attached hydrogens (tertiary/aromatic N) is 3. The normalized spacial score (nSPS) is 16.0. The fraction of sp³-hybridized carbons (Fsp3) is 0.846. The molecule has 0 aromatic carbocycles. The fourth-order valence-electron chi connectivity index (χ4n) is 1.98. The summed E-state index contributed by atoms with van der Waals surface area (Å²) in [6.45, 7) is 10.4. The number of ether oxygens (including phenoxy) is 1. The molecule has 0 aromatic heterocycles. The van der Waals surface area contributed by atoms with E-state index in [0.29, 0.717) is 19.6 Å². The van der Waals surface area contributed by atoms with Gasteiger partial charge < -0.3 is 21.1 Å². The highest BCUT2D eigenvalue weighted by molar-refractivity contribution is 14.0. The second-order valence-electron chi connectivity index (χ2n) is 5.97. The number of rotatable bonds is 4. The first kappa shape index (κ1) is 20.2. The molecule has 1 saturated heterocycles. The van der Waals surface area contributed by atoms with Crippen LogP contribution in [0.25, 0.3) is 0 Å². The van der Waals surface area contributed by atoms with Gasteiger partial charge in [-0.3, -0.25) is 9.89 Å². The zero-order valence-electron chi connectivity index (χ0n) is 13.2. The van der Waals surface area contributed by atoms with Crippen LogP contribution in [0.2, 0.25) is 0 Å². The molecule has 0 aromatic rings. The lowest BCUT2D eigenvalue weighted by atomic mass is 10.2. The summed E-state index contributed by atoms with van der Waals surface area (Å²) in [5, 5.41) is 0. The highest BCUT2D eigenvalue weighted by atomic mass is 127. The van der Waals surface area contributed by atoms with E-state index >= 15 is 0 Å². The first-order chi connectivity index (χ1) is 9.28. The Kier molecular flexibility index (Phi) is 8.95. The number of hydrogen-bond donors (Lipinski definition) is 2. The van der Waals surface area contributed by atoms with E-state index in [1.165, 1.54) is 0 Å². The summed E-state index contributed by atoms with van der Waals surface area (Å²) in [6, 6.07) is 0. The van der Waals surface area contributed by atoms with Crippen LogP contribution >= 0.6 is 24.0 Å². The van der Waals surface area contributed by atoms with E-state index in [-0.39, 0.29) is 36.0 Å². The van der Waals surface area contributed by atoms with Crippen LogP contribution in [-0.2, 0) is 4.74 Å². The van der Waals surface area contributed by atoms with E-state index in [9.17, 15) is 4.79 Å². The molecular weight excluding hydrogens is 385 g/mol. The molecular formula is C13H28IN5O2. The Labute approximate surface area is 144 Å². The van der Waals surface area contributed by atoms with Crippen LogP contribution in [0.5, 0.6) is 0 Å². The number of hydrogen-bond acceptors (Lipinski definition) is 4. The largest absolute Gasteiger partial charge is 0.444 e. The minimum Gasteiger partial charge on any atom is -0.444 e. The standard InChI is InChI=1S/C13H27N5O2.HI/c1-13(2,3)20-12(19)18-9-7-17(8-10-18)6-4-5-16-11(14)15;/h4-10H2,1-3H3,(H4,14,15,16);1H. The first-order valence-electron chi connectivity index (χ1n) is 7.03. The average molecular weight is 413 g/mol. The van der Waals surface area contributed by atoms with Gasteiger partial charge in [-0.05, 0) is 27.2 Å². The third kappa shape index (κ3) is 8.97. The van der Waals surface area contributed by atoms with Crippen molar-refractivity contribution in [3.63, 3.8) is 0 Å². The van der Waals surface area contributed by atoms with Crippen LogP contribution in [0, 0.1) is 0 Å². The molecule has 1 amide bonds. The van der Waals surface area contributed by atoms with Gasteiger partial charge in [-0.2, -0.15) is 0 Å². The summed E-state index contributed by atoms with van der Waals surface area (Å²) in [7, 11) is 0. The molecule has 0 atom stereocenters. The van der Waals surface area contributed by atoms with Crippen molar-refractivity contribution >= 4 is 36.0 Å². The van der Waals surface area contributed by atoms with Crippen LogP contribution in [0.3, 0.4) is 0 Å². The van der Waals surface area contributed by atoms with Crippen molar-refractivity contribution in [2.75, 3.05) is 39.3 Å². The summed E-state index contributed by atoms with van der Waals surface area (Å²) in [4.78, 5) is 19.9. The predicted octanol–water partition coefficient (Wildman–Crippen LogP) is 0.821. The quantitative estimate of drug-likeness (QED) is 0.308. The monoisotopic (exact) mass is 413 g/mol. The molecule has 1 aliphatic rings. The minimum absolute atomic E-state index is 0. The molecule has 1 rings (SSSR count). The number of nitrogens with two attached hydrogens (primary N) is 2. The Morgan fingerprint density at radius 3 is 2.24 bits per heavy atom. The van der Waals surface area contributed by atoms with E-state index in [4.69, 9.17) is 16.2 Å². The molecule has 8 heteroatoms. The van der Waals surface area contributed by atoms with Gasteiger partial charge in [-0.15, -0.1) is 24.0 Å². The Morgan fingerprint density at radius 1 is 1.19 bits per heavy atom. The maximum absolute atomic E-state index is 11.9. The maximum Gasteiger partial charge on any atom is 0.410 e. The van der Waals surface area contributed by atoms with Crippen LogP contribution in [-0.4, -0.2) is 66.7 Å². The summed E-state index contributed by atoms with van der Waals surface area (Å²) in [6.07, 6.45) is 0.697. The van der Waals surface area contributed by atoms with Gasteiger partial charge in [0.15, 0.2) is 5.96 Å². The molecule has 0 spiro atoms. The molecule has 0 saturated carbocycles. The number of carbonyl (C=O) groups is 1. The van der Waals surface area contributed by atoms with Crippen LogP contribution < -0.4 is 11.5 Å². The SMILES string of the molecule is CC(C)(C)OC(=O)N1CCN(CCCN=C(N)N)CC1.I. The number of guanidine groups is 1. The van der Waals surface area contributed by atoms with Gasteiger partial charge >= 0.3 is 6.09 Å². The van der Waals surface area contributed by atoms with Gasteiger partial charge in [0.2, 0.25) is 0 Å². The van der Waals surface area contributed by atoms with Crippen molar-refractivity contribution in [1.29, 1.82) is 0 Å². The van der Waals surface area contributed by atoms with Gasteiger partial charge in [0.05, 0.1) is 0 Å². The first-order valence-corrected chi connectivity index (χ1v) is 7.03. The third-order valence-corrected chi connectivity index (χ3v) is 2.95. The topological polar surface area (TPSA) is 97.2 Å². The van der Waals surface area contributed by atoms with Crippen LogP contribution in [0.1, 0.15) is 27.2 Å². The molecule has 0 aliphatic carbocycles. The summed E-state index contributed by atoms with van der Waals surface area (Å²) >= 11 is 0. The van der Waals surface area contributed by atoms with Crippen molar-refractivity contribution in [1.82, 2.24) is 9.80 Å². The zero-order valence-corrected chi connectivity index (χ0v) is 15.5. The summed E-state index contributed by atoms with van der Waals surface area (Å²) in [5.74, 6) is 0.139. The van der Waals surface area contributed by atoms with Crippen molar-refractivity contribution in [2.45, 2.75) is 32.8 Å². The zero-order chi connectivity index (χ0) is 15.2. The lowest BCUT2D eigenvalue weighted by molar-refractivity contribution is 0.0145. The average Bonchev–Trinajstić information content (AvgIpc) is 2.33. The minimum atomic E-state index is -0.436. The Hall–Kier alpha value is -0.770. The molecule has 1 fully saturated rings. The third-order valence-electron chi connectivity index (χ3n) is 2.95. The highest BCUT2D eigenvalue weighted by Gasteiger charge is 2.25. The second kappa shape index (κ2) is 9.29. The Balaban J connectivity index is 0.00000400. The number of halogens is 1. The number of amides is 1. The van der Waals surface area contributed by atoms with E-state index in [1.54, 1.807) is 4.90 Å². The van der Waals surface area contributed by atoms with Gasteiger partial charge in [-0.1, -0.05) is 0 Å². The van der Waals surface area contributed by atoms with Crippen molar-refractivity contribution in [3.8, 4) is 0 Å². The lowest BCUT2D eigenvalue weighted by Crippen LogP contribution is -2.50. The van der Waals surface area contributed by atoms with Crippen molar-refractivity contribution in [3.05, 3.63) is 0 Å². The molecule has 0 unspecified atom stereocenters. The Morgan fingerprint density at radius 2 is 1.76 bits per heavy atom. The molecule has 4 N–H and O–H groups in total. The second-order valence-corrected chi connectivity index (χ2v) is 5.97. The van der Waals surface area contributed by atoms with E-state index < -0.39 is 5.60 Å². The van der Waals surface area contributed by atoms with E-state index in [2.05, 4.69) is 9.89 Å². The van der Waals surface area contributed by atoms with Crippen LogP contribution in [0.4, 0.5) is 4.79 Å². The molecule has 1 heterocycles. The van der Waals surface area contributed by atoms with Crippen molar-refractivity contribution in [2.24, 2.45) is 16.5 Å². The summed E-state index contributed by atoms with van der Waals surface area (Å²) in [5.41, 5.74) is 10.1. The van der Waals surface area contributed by atoms with E-state index in [1.807, 2.05) is 20.8 Å². The fourth-order valence-corrected chi connectivity index (χ4v) is 1.98. The number of carbonyl (C=O) groups excluding carboxylic acids is 1. The molecule has 7 nitrogen and oxygen atoms in total. The molecule has 21 heavy (non-hydrogen) atoms. The van der Waals surface area contributed by atoms with Gasteiger partial charge in [-0.25, -0.2) is 4.79 Å². The van der Waals surface area contributed by atoms with Gasteiger partial charge in [0, 0.05) is 39.3 Å². The highest BCUT2D eigenvalue weighted by Crippen LogP contribution is 2.11. The van der Waals surface area contributed by atoms with Gasteiger partial charge in [0.25, 0.3) is 0 Å². The number of aliphatic imine (C=N–C) groups is 1. The summed E-state index contributed by atoms with van der Waals surface area (Å²) < 4.78 is 5.36. The smallest absolute Gasteiger partial charge is 0.410 e. The number of piperazine rings is 1. The van der Waals surface area contributed by atoms with Gasteiger partial charge in [0.1, 0.15) is 5.60 Å². The predicted molar refractivity (Wildman–Crippen MR) is 95.0 cm³/mol. The maximum atomic E-state index is 11.9. The van der Waals surface area contributed by atoms with Crippen LogP contribution in [0.15, 0.2) is 4.99 Å². The Bertz CT molecular complexity index is 345. The molecule has 0 radical (unpaired) electrons.